The van der Waals surface area contributed by atoms with Gasteiger partial charge in [-0.3, -0.25) is 4.79 Å². The molecule has 0 bridgehead atoms. The van der Waals surface area contributed by atoms with Gasteiger partial charge in [0, 0.05) is 52.3 Å². The third kappa shape index (κ3) is 4.90. The number of aryl methyl sites for hydroxylation is 1. The number of halogens is 2. The second-order valence-electron chi connectivity index (χ2n) is 8.34. The predicted molar refractivity (Wildman–Crippen MR) is 133 cm³/mol. The van der Waals surface area contributed by atoms with Crippen LogP contribution in [0.25, 0.3) is 10.9 Å². The lowest BCUT2D eigenvalue weighted by molar-refractivity contribution is 0.0970. The number of carbonyl (C=O) groups is 1. The van der Waals surface area contributed by atoms with Gasteiger partial charge in [0.05, 0.1) is 19.1 Å². The van der Waals surface area contributed by atoms with E-state index in [4.69, 9.17) is 9.47 Å². The zero-order chi connectivity index (χ0) is 26.2. The van der Waals surface area contributed by atoms with Crippen molar-refractivity contribution in [1.29, 1.82) is 0 Å². The zero-order valence-electron chi connectivity index (χ0n) is 20.0. The molecule has 2 N–H and O–H groups in total. The van der Waals surface area contributed by atoms with Gasteiger partial charge in [0.15, 0.2) is 15.6 Å². The number of benzene rings is 3. The number of rotatable bonds is 8. The van der Waals surface area contributed by atoms with E-state index in [1.54, 1.807) is 6.92 Å². The van der Waals surface area contributed by atoms with E-state index >= 15 is 0 Å². The molecule has 0 saturated carbocycles. The van der Waals surface area contributed by atoms with Gasteiger partial charge in [-0.25, -0.2) is 17.2 Å². The SMILES string of the molecule is COc1cc(NC(C(=O)c2c[nH]c3c(C)cc(F)cc23)c2ccc(F)cc2OC)cc(S(C)(=O)=O)c1. The second kappa shape index (κ2) is 9.62. The molecule has 0 saturated heterocycles. The third-order valence-corrected chi connectivity index (χ3v) is 6.93. The summed E-state index contributed by atoms with van der Waals surface area (Å²) in [7, 11) is -0.871. The summed E-state index contributed by atoms with van der Waals surface area (Å²) in [5.74, 6) is -1.17. The molecule has 36 heavy (non-hydrogen) atoms. The average Bonchev–Trinajstić information content (AvgIpc) is 3.25. The molecular weight excluding hydrogens is 490 g/mol. The Hall–Kier alpha value is -3.92. The number of hydrogen-bond donors (Lipinski definition) is 2. The van der Waals surface area contributed by atoms with Crippen LogP contribution in [0.15, 0.2) is 59.6 Å². The van der Waals surface area contributed by atoms with Crippen LogP contribution in [0.4, 0.5) is 14.5 Å². The maximum absolute atomic E-state index is 14.2. The van der Waals surface area contributed by atoms with Gasteiger partial charge in [-0.2, -0.15) is 0 Å². The van der Waals surface area contributed by atoms with E-state index in [-0.39, 0.29) is 27.6 Å². The first-order valence-corrected chi connectivity index (χ1v) is 12.7. The number of methoxy groups -OCH3 is 2. The topological polar surface area (TPSA) is 97.5 Å². The summed E-state index contributed by atoms with van der Waals surface area (Å²) < 4.78 is 63.2. The Morgan fingerprint density at radius 3 is 2.42 bits per heavy atom. The fourth-order valence-corrected chi connectivity index (χ4v) is 4.76. The summed E-state index contributed by atoms with van der Waals surface area (Å²) in [6.45, 7) is 1.72. The standard InChI is InChI=1S/C26H24F2N2O5S/c1-14-7-16(28)8-21-22(13-29-24(14)21)26(31)25(20-6-5-15(27)9-23(20)35-3)30-17-10-18(34-2)12-19(11-17)36(4,32)33/h5-13,25,29-30H,1-4H3. The molecule has 4 aromatic rings. The van der Waals surface area contributed by atoms with Crippen molar-refractivity contribution in [2.75, 3.05) is 25.8 Å². The van der Waals surface area contributed by atoms with Crippen molar-refractivity contribution in [1.82, 2.24) is 4.98 Å². The fourth-order valence-electron chi connectivity index (χ4n) is 4.09. The quantitative estimate of drug-likeness (QED) is 0.313. The fraction of sp³-hybridized carbons (Fsp3) is 0.192. The van der Waals surface area contributed by atoms with Crippen LogP contribution in [0.1, 0.15) is 27.5 Å². The van der Waals surface area contributed by atoms with E-state index in [1.807, 2.05) is 0 Å². The molecule has 0 fully saturated rings. The Labute approximate surface area is 207 Å². The number of sulfone groups is 1. The number of H-pyrrole nitrogens is 1. The van der Waals surface area contributed by atoms with Crippen LogP contribution >= 0.6 is 0 Å². The molecule has 1 unspecified atom stereocenters. The molecule has 0 aliphatic heterocycles. The van der Waals surface area contributed by atoms with E-state index in [0.717, 1.165) is 12.3 Å². The highest BCUT2D eigenvalue weighted by molar-refractivity contribution is 7.90. The number of Topliss-reactive ketones (excluding diaryl/α,β-unsaturated/α-hetero) is 1. The monoisotopic (exact) mass is 514 g/mol. The number of ketones is 1. The van der Waals surface area contributed by atoms with Crippen molar-refractivity contribution in [2.24, 2.45) is 0 Å². The molecule has 0 amide bonds. The maximum Gasteiger partial charge on any atom is 0.191 e. The Balaban J connectivity index is 1.89. The number of fused-ring (bicyclic) bond motifs is 1. The summed E-state index contributed by atoms with van der Waals surface area (Å²) in [6.07, 6.45) is 2.54. The normalized spacial score (nSPS) is 12.4. The molecule has 1 heterocycles. The first kappa shape index (κ1) is 25.2. The first-order chi connectivity index (χ1) is 17.0. The number of ether oxygens (including phenoxy) is 2. The number of nitrogens with one attached hydrogen (secondary N) is 2. The highest BCUT2D eigenvalue weighted by Crippen LogP contribution is 2.35. The molecule has 0 aliphatic carbocycles. The Kier molecular flexibility index (Phi) is 6.73. The van der Waals surface area contributed by atoms with E-state index in [2.05, 4.69) is 10.3 Å². The van der Waals surface area contributed by atoms with Crippen molar-refractivity contribution < 1.29 is 31.5 Å². The highest BCUT2D eigenvalue weighted by Gasteiger charge is 2.28. The Morgan fingerprint density at radius 2 is 1.75 bits per heavy atom. The van der Waals surface area contributed by atoms with Crippen LogP contribution < -0.4 is 14.8 Å². The van der Waals surface area contributed by atoms with E-state index in [1.165, 1.54) is 62.9 Å². The maximum atomic E-state index is 14.2. The minimum Gasteiger partial charge on any atom is -0.497 e. The van der Waals surface area contributed by atoms with Gasteiger partial charge < -0.3 is 19.8 Å². The molecule has 188 valence electrons. The molecule has 0 spiro atoms. The van der Waals surface area contributed by atoms with E-state index in [9.17, 15) is 22.0 Å². The van der Waals surface area contributed by atoms with Crippen molar-refractivity contribution in [3.05, 3.63) is 83.1 Å². The Morgan fingerprint density at radius 1 is 1.00 bits per heavy atom. The number of aromatic amines is 1. The van der Waals surface area contributed by atoms with Crippen LogP contribution in [0.3, 0.4) is 0 Å². The second-order valence-corrected chi connectivity index (χ2v) is 10.4. The van der Waals surface area contributed by atoms with Gasteiger partial charge >= 0.3 is 0 Å². The lowest BCUT2D eigenvalue weighted by Gasteiger charge is -2.22. The summed E-state index contributed by atoms with van der Waals surface area (Å²) >= 11 is 0. The molecule has 10 heteroatoms. The average molecular weight is 515 g/mol. The number of anilines is 1. The smallest absolute Gasteiger partial charge is 0.191 e. The van der Waals surface area contributed by atoms with Crippen molar-refractivity contribution in [3.63, 3.8) is 0 Å². The van der Waals surface area contributed by atoms with Crippen LogP contribution in [-0.2, 0) is 9.84 Å². The minimum absolute atomic E-state index is 0.0218. The van der Waals surface area contributed by atoms with E-state index in [0.29, 0.717) is 22.0 Å². The summed E-state index contributed by atoms with van der Waals surface area (Å²) in [4.78, 5) is 16.9. The van der Waals surface area contributed by atoms with Gasteiger partial charge in [-0.15, -0.1) is 0 Å². The zero-order valence-corrected chi connectivity index (χ0v) is 20.8. The molecular formula is C26H24F2N2O5S. The third-order valence-electron chi connectivity index (χ3n) is 5.84. The van der Waals surface area contributed by atoms with Crippen LogP contribution in [0.5, 0.6) is 11.5 Å². The predicted octanol–water partition coefficient (Wildman–Crippen LogP) is 5.21. The van der Waals surface area contributed by atoms with Crippen LogP contribution in [-0.4, -0.2) is 39.7 Å². The van der Waals surface area contributed by atoms with Gasteiger partial charge in [0.25, 0.3) is 0 Å². The molecule has 1 aromatic heterocycles. The van der Waals surface area contributed by atoms with Crippen molar-refractivity contribution in [2.45, 2.75) is 17.9 Å². The number of aromatic nitrogens is 1. The molecule has 1 atom stereocenters. The number of carbonyl (C=O) groups excluding carboxylic acids is 1. The molecule has 7 nitrogen and oxygen atoms in total. The summed E-state index contributed by atoms with van der Waals surface area (Å²) in [5, 5.41) is 3.44. The minimum atomic E-state index is -3.60. The molecule has 3 aromatic carbocycles. The summed E-state index contributed by atoms with van der Waals surface area (Å²) in [6, 6.07) is 9.46. The van der Waals surface area contributed by atoms with Gasteiger partial charge in [-0.1, -0.05) is 0 Å². The summed E-state index contributed by atoms with van der Waals surface area (Å²) in [5.41, 5.74) is 1.99. The van der Waals surface area contributed by atoms with Crippen LogP contribution in [0.2, 0.25) is 0 Å². The first-order valence-electron chi connectivity index (χ1n) is 10.8. The molecule has 0 radical (unpaired) electrons. The van der Waals surface area contributed by atoms with Gasteiger partial charge in [0.1, 0.15) is 29.2 Å². The largest absolute Gasteiger partial charge is 0.497 e. The molecule has 0 aliphatic rings. The van der Waals surface area contributed by atoms with Gasteiger partial charge in [-0.05, 0) is 48.9 Å². The van der Waals surface area contributed by atoms with E-state index < -0.39 is 33.3 Å². The lowest BCUT2D eigenvalue weighted by atomic mass is 9.95. The van der Waals surface area contributed by atoms with Crippen LogP contribution in [0, 0.1) is 18.6 Å². The van der Waals surface area contributed by atoms with Crippen molar-refractivity contribution in [3.8, 4) is 11.5 Å². The van der Waals surface area contributed by atoms with Gasteiger partial charge in [0.2, 0.25) is 0 Å². The highest BCUT2D eigenvalue weighted by atomic mass is 32.2. The molecule has 4 rings (SSSR count). The Bertz CT molecular complexity index is 1580. The lowest BCUT2D eigenvalue weighted by Crippen LogP contribution is -2.22. The number of hydrogen-bond acceptors (Lipinski definition) is 6. The van der Waals surface area contributed by atoms with Crippen molar-refractivity contribution >= 4 is 32.2 Å².